The van der Waals surface area contributed by atoms with Crippen LogP contribution >= 0.6 is 0 Å². The molecule has 1 aromatic carbocycles. The molecule has 9 heteroatoms. The van der Waals surface area contributed by atoms with Gasteiger partial charge in [0, 0.05) is 64.2 Å². The molecule has 176 valence electrons. The quantitative estimate of drug-likeness (QED) is 0.594. The van der Waals surface area contributed by atoms with Crippen molar-refractivity contribution in [1.29, 1.82) is 0 Å². The zero-order chi connectivity index (χ0) is 24.1. The van der Waals surface area contributed by atoms with Crippen molar-refractivity contribution in [3.05, 3.63) is 47.2 Å². The van der Waals surface area contributed by atoms with Crippen LogP contribution in [0.25, 0.3) is 0 Å². The van der Waals surface area contributed by atoms with E-state index in [4.69, 9.17) is 5.73 Å². The van der Waals surface area contributed by atoms with Crippen molar-refractivity contribution < 1.29 is 14.4 Å². The third kappa shape index (κ3) is 6.00. The van der Waals surface area contributed by atoms with Gasteiger partial charge < -0.3 is 26.2 Å². The Bertz CT molecular complexity index is 1050. The van der Waals surface area contributed by atoms with E-state index >= 15 is 0 Å². The summed E-state index contributed by atoms with van der Waals surface area (Å²) >= 11 is 0. The van der Waals surface area contributed by atoms with Gasteiger partial charge in [0.25, 0.3) is 11.8 Å². The zero-order valence-corrected chi connectivity index (χ0v) is 19.6. The SMILES string of the molecule is CC(=O)N1CCC[C@H](CNc2cc(Nc3ccc(C(=O)N(C)C)c(C)c3)ncc2C(N)=O)C1. The predicted molar refractivity (Wildman–Crippen MR) is 129 cm³/mol. The molecule has 4 N–H and O–H groups in total. The maximum atomic E-state index is 12.3. The second-order valence-electron chi connectivity index (χ2n) is 8.69. The van der Waals surface area contributed by atoms with Crippen LogP contribution in [0.2, 0.25) is 0 Å². The van der Waals surface area contributed by atoms with E-state index < -0.39 is 5.91 Å². The molecule has 0 saturated carbocycles. The Balaban J connectivity index is 1.75. The number of pyridine rings is 1. The fourth-order valence-electron chi connectivity index (χ4n) is 4.01. The molecule has 0 spiro atoms. The van der Waals surface area contributed by atoms with E-state index in [9.17, 15) is 14.4 Å². The van der Waals surface area contributed by atoms with Gasteiger partial charge in [-0.2, -0.15) is 0 Å². The molecular weight excluding hydrogens is 420 g/mol. The number of amides is 3. The third-order valence-electron chi connectivity index (χ3n) is 5.85. The van der Waals surface area contributed by atoms with Crippen LogP contribution in [0.4, 0.5) is 17.2 Å². The van der Waals surface area contributed by atoms with Crippen molar-refractivity contribution in [2.24, 2.45) is 11.7 Å². The van der Waals surface area contributed by atoms with Crippen LogP contribution in [0.15, 0.2) is 30.5 Å². The zero-order valence-electron chi connectivity index (χ0n) is 19.6. The Labute approximate surface area is 194 Å². The monoisotopic (exact) mass is 452 g/mol. The van der Waals surface area contributed by atoms with Crippen LogP contribution in [-0.2, 0) is 4.79 Å². The highest BCUT2D eigenvalue weighted by Gasteiger charge is 2.22. The predicted octanol–water partition coefficient (Wildman–Crippen LogP) is 2.60. The number of likely N-dealkylation sites (tertiary alicyclic amines) is 1. The largest absolute Gasteiger partial charge is 0.384 e. The smallest absolute Gasteiger partial charge is 0.253 e. The van der Waals surface area contributed by atoms with E-state index in [1.165, 1.54) is 6.20 Å². The molecule has 3 amide bonds. The molecular formula is C24H32N6O3. The van der Waals surface area contributed by atoms with Crippen molar-refractivity contribution in [2.45, 2.75) is 26.7 Å². The molecule has 1 aliphatic rings. The van der Waals surface area contributed by atoms with Crippen LogP contribution in [-0.4, -0.2) is 66.2 Å². The molecule has 1 aliphatic heterocycles. The lowest BCUT2D eigenvalue weighted by Crippen LogP contribution is -2.40. The second-order valence-corrected chi connectivity index (χ2v) is 8.69. The number of anilines is 3. The van der Waals surface area contributed by atoms with Gasteiger partial charge in [-0.15, -0.1) is 0 Å². The first-order valence-corrected chi connectivity index (χ1v) is 11.0. The van der Waals surface area contributed by atoms with Crippen LogP contribution in [0.1, 0.15) is 46.0 Å². The summed E-state index contributed by atoms with van der Waals surface area (Å²) in [6.07, 6.45) is 3.42. The summed E-state index contributed by atoms with van der Waals surface area (Å²) < 4.78 is 0. The van der Waals surface area contributed by atoms with Gasteiger partial charge in [0.05, 0.1) is 11.3 Å². The molecule has 33 heavy (non-hydrogen) atoms. The molecule has 2 heterocycles. The number of primary amides is 1. The van der Waals surface area contributed by atoms with Gasteiger partial charge in [0.2, 0.25) is 5.91 Å². The number of piperidine rings is 1. The van der Waals surface area contributed by atoms with E-state index in [1.807, 2.05) is 24.0 Å². The number of nitrogens with zero attached hydrogens (tertiary/aromatic N) is 3. The Morgan fingerprint density at radius 1 is 1.21 bits per heavy atom. The van der Waals surface area contributed by atoms with Crippen molar-refractivity contribution in [1.82, 2.24) is 14.8 Å². The minimum absolute atomic E-state index is 0.0551. The van der Waals surface area contributed by atoms with Gasteiger partial charge in [-0.25, -0.2) is 4.98 Å². The van der Waals surface area contributed by atoms with Crippen molar-refractivity contribution in [2.75, 3.05) is 44.4 Å². The fraction of sp³-hybridized carbons (Fsp3) is 0.417. The number of nitrogens with two attached hydrogens (primary N) is 1. The third-order valence-corrected chi connectivity index (χ3v) is 5.85. The molecule has 9 nitrogen and oxygen atoms in total. The standard InChI is InChI=1S/C24H32N6O3/c1-15-10-18(7-8-19(15)24(33)29(3)4)28-22-11-21(20(13-27-22)23(25)32)26-12-17-6-5-9-30(14-17)16(2)31/h7-8,10-11,13,17H,5-6,9,12,14H2,1-4H3,(H2,25,32)(H2,26,27,28)/t17-/m1/s1. The number of aryl methyl sites for hydroxylation is 1. The molecule has 0 radical (unpaired) electrons. The van der Waals surface area contributed by atoms with Crippen molar-refractivity contribution >= 4 is 34.9 Å². The highest BCUT2D eigenvalue weighted by molar-refractivity contribution is 5.99. The number of aromatic nitrogens is 1. The molecule has 3 rings (SSSR count). The van der Waals surface area contributed by atoms with Crippen LogP contribution in [0.5, 0.6) is 0 Å². The first kappa shape index (κ1) is 24.0. The molecule has 1 fully saturated rings. The van der Waals surface area contributed by atoms with E-state index in [2.05, 4.69) is 15.6 Å². The number of carbonyl (C=O) groups excluding carboxylic acids is 3. The lowest BCUT2D eigenvalue weighted by atomic mass is 9.97. The lowest BCUT2D eigenvalue weighted by Gasteiger charge is -2.32. The molecule has 1 aromatic heterocycles. The lowest BCUT2D eigenvalue weighted by molar-refractivity contribution is -0.130. The summed E-state index contributed by atoms with van der Waals surface area (Å²) in [6, 6.07) is 7.23. The Morgan fingerprint density at radius 2 is 1.97 bits per heavy atom. The maximum absolute atomic E-state index is 12.3. The van der Waals surface area contributed by atoms with Crippen LogP contribution < -0.4 is 16.4 Å². The second kappa shape index (κ2) is 10.3. The number of hydrogen-bond donors (Lipinski definition) is 3. The van der Waals surface area contributed by atoms with Crippen molar-refractivity contribution in [3.63, 3.8) is 0 Å². The van der Waals surface area contributed by atoms with E-state index in [0.717, 1.165) is 30.6 Å². The fourth-order valence-corrected chi connectivity index (χ4v) is 4.01. The molecule has 1 atom stereocenters. The van der Waals surface area contributed by atoms with Gasteiger partial charge in [0.1, 0.15) is 5.82 Å². The minimum Gasteiger partial charge on any atom is -0.384 e. The van der Waals surface area contributed by atoms with Crippen molar-refractivity contribution in [3.8, 4) is 0 Å². The molecule has 0 aliphatic carbocycles. The van der Waals surface area contributed by atoms with E-state index in [-0.39, 0.29) is 17.7 Å². The summed E-state index contributed by atoms with van der Waals surface area (Å²) in [5, 5.41) is 6.55. The van der Waals surface area contributed by atoms with Gasteiger partial charge in [-0.1, -0.05) is 0 Å². The number of benzene rings is 1. The molecule has 1 saturated heterocycles. The first-order chi connectivity index (χ1) is 15.7. The Morgan fingerprint density at radius 3 is 2.61 bits per heavy atom. The van der Waals surface area contributed by atoms with E-state index in [1.54, 1.807) is 38.1 Å². The number of nitrogens with one attached hydrogen (secondary N) is 2. The molecule has 2 aromatic rings. The minimum atomic E-state index is -0.562. The summed E-state index contributed by atoms with van der Waals surface area (Å²) in [6.45, 7) is 5.58. The van der Waals surface area contributed by atoms with E-state index in [0.29, 0.717) is 35.7 Å². The first-order valence-electron chi connectivity index (χ1n) is 11.0. The highest BCUT2D eigenvalue weighted by atomic mass is 16.2. The topological polar surface area (TPSA) is 121 Å². The van der Waals surface area contributed by atoms with Gasteiger partial charge >= 0.3 is 0 Å². The van der Waals surface area contributed by atoms with Gasteiger partial charge in [-0.3, -0.25) is 14.4 Å². The van der Waals surface area contributed by atoms with Gasteiger partial charge in [-0.05, 0) is 49.4 Å². The Kier molecular flexibility index (Phi) is 7.52. The summed E-state index contributed by atoms with van der Waals surface area (Å²) in [5.41, 5.74) is 8.71. The maximum Gasteiger partial charge on any atom is 0.253 e. The summed E-state index contributed by atoms with van der Waals surface area (Å²) in [4.78, 5) is 43.6. The Hall–Kier alpha value is -3.62. The van der Waals surface area contributed by atoms with Crippen LogP contribution in [0.3, 0.4) is 0 Å². The van der Waals surface area contributed by atoms with Gasteiger partial charge in [0.15, 0.2) is 0 Å². The molecule has 0 bridgehead atoms. The highest BCUT2D eigenvalue weighted by Crippen LogP contribution is 2.25. The average molecular weight is 453 g/mol. The number of rotatable bonds is 7. The summed E-state index contributed by atoms with van der Waals surface area (Å²) in [5.74, 6) is 0.301. The molecule has 0 unspecified atom stereocenters. The summed E-state index contributed by atoms with van der Waals surface area (Å²) in [7, 11) is 3.44. The van der Waals surface area contributed by atoms with Crippen LogP contribution in [0, 0.1) is 12.8 Å². The number of hydrogen-bond acceptors (Lipinski definition) is 6. The normalized spacial score (nSPS) is 15.6. The average Bonchev–Trinajstić information content (AvgIpc) is 2.77. The number of carbonyl (C=O) groups is 3.